The molecule has 0 unspecified atom stereocenters. The van der Waals surface area contributed by atoms with Crippen molar-refractivity contribution in [1.29, 1.82) is 0 Å². The number of piperidine rings is 1. The Morgan fingerprint density at radius 1 is 1.24 bits per heavy atom. The van der Waals surface area contributed by atoms with Crippen LogP contribution in [-0.4, -0.2) is 66.6 Å². The standard InChI is InChI=1S/C24H34FN5O4/c1-24(2,3)33-23(31)34-30-12-9-18(10-13-30)16-29(4)22-15-21(27-17-28-22)26-11-14-32-20-8-6-5-7-19(20)25/h5-8,15,17-18H,9-14,16H2,1-4H3,(H,26,27,28). The quantitative estimate of drug-likeness (QED) is 0.425. The number of halogens is 1. The summed E-state index contributed by atoms with van der Waals surface area (Å²) < 4.78 is 24.3. The molecule has 0 aliphatic carbocycles. The second-order valence-electron chi connectivity index (χ2n) is 9.28. The van der Waals surface area contributed by atoms with Gasteiger partial charge >= 0.3 is 6.16 Å². The molecule has 2 heterocycles. The van der Waals surface area contributed by atoms with Gasteiger partial charge in [-0.05, 0) is 51.7 Å². The maximum absolute atomic E-state index is 13.6. The van der Waals surface area contributed by atoms with Crippen molar-refractivity contribution in [3.8, 4) is 5.75 Å². The van der Waals surface area contributed by atoms with Crippen LogP contribution in [0, 0.1) is 11.7 Å². The van der Waals surface area contributed by atoms with E-state index in [0.29, 0.717) is 38.0 Å². The largest absolute Gasteiger partial charge is 0.528 e. The average Bonchev–Trinajstić information content (AvgIpc) is 2.78. The third-order valence-corrected chi connectivity index (χ3v) is 5.24. The lowest BCUT2D eigenvalue weighted by Gasteiger charge is -2.33. The third-order valence-electron chi connectivity index (χ3n) is 5.24. The van der Waals surface area contributed by atoms with Crippen LogP contribution < -0.4 is 15.0 Å². The zero-order valence-corrected chi connectivity index (χ0v) is 20.3. The normalized spacial score (nSPS) is 15.0. The second kappa shape index (κ2) is 11.8. The molecule has 1 saturated heterocycles. The summed E-state index contributed by atoms with van der Waals surface area (Å²) in [6.07, 6.45) is 2.65. The number of para-hydroxylation sites is 1. The minimum Gasteiger partial charge on any atom is -0.489 e. The molecule has 1 N–H and O–H groups in total. The molecule has 0 amide bonds. The first-order valence-electron chi connectivity index (χ1n) is 11.5. The van der Waals surface area contributed by atoms with E-state index < -0.39 is 11.8 Å². The molecule has 3 rings (SSSR count). The zero-order valence-electron chi connectivity index (χ0n) is 20.3. The molecule has 1 aromatic heterocycles. The van der Waals surface area contributed by atoms with Crippen molar-refractivity contribution >= 4 is 17.8 Å². The molecule has 0 bridgehead atoms. The predicted molar refractivity (Wildman–Crippen MR) is 127 cm³/mol. The van der Waals surface area contributed by atoms with Crippen LogP contribution in [0.1, 0.15) is 33.6 Å². The van der Waals surface area contributed by atoms with Crippen LogP contribution in [0.4, 0.5) is 20.8 Å². The number of hydrogen-bond acceptors (Lipinski definition) is 9. The lowest BCUT2D eigenvalue weighted by atomic mass is 9.97. The molecule has 0 saturated carbocycles. The van der Waals surface area contributed by atoms with Crippen molar-refractivity contribution in [2.45, 2.75) is 39.2 Å². The predicted octanol–water partition coefficient (Wildman–Crippen LogP) is 4.12. The Labute approximate surface area is 200 Å². The molecule has 186 valence electrons. The fraction of sp³-hybridized carbons (Fsp3) is 0.542. The van der Waals surface area contributed by atoms with Gasteiger partial charge in [-0.3, -0.25) is 0 Å². The number of carbonyl (C=O) groups is 1. The summed E-state index contributed by atoms with van der Waals surface area (Å²) in [5.41, 5.74) is -0.573. The fourth-order valence-electron chi connectivity index (χ4n) is 3.59. The molecular weight excluding hydrogens is 441 g/mol. The summed E-state index contributed by atoms with van der Waals surface area (Å²) in [7, 11) is 2.00. The molecule has 2 aromatic rings. The van der Waals surface area contributed by atoms with E-state index in [2.05, 4.69) is 20.2 Å². The maximum atomic E-state index is 13.6. The highest BCUT2D eigenvalue weighted by Crippen LogP contribution is 2.22. The van der Waals surface area contributed by atoms with Crippen LogP contribution in [0.5, 0.6) is 5.75 Å². The summed E-state index contributed by atoms with van der Waals surface area (Å²) in [6.45, 7) is 8.36. The highest BCUT2D eigenvalue weighted by atomic mass is 19.1. The Hall–Kier alpha value is -3.14. The zero-order chi connectivity index (χ0) is 24.6. The summed E-state index contributed by atoms with van der Waals surface area (Å²) in [5.74, 6) is 1.78. The van der Waals surface area contributed by atoms with Crippen molar-refractivity contribution in [2.75, 3.05) is 50.1 Å². The highest BCUT2D eigenvalue weighted by Gasteiger charge is 2.26. The molecule has 9 nitrogen and oxygen atoms in total. The van der Waals surface area contributed by atoms with Gasteiger partial charge in [-0.2, -0.15) is 0 Å². The van der Waals surface area contributed by atoms with E-state index in [0.717, 1.165) is 25.2 Å². The Balaban J connectivity index is 1.40. The minimum atomic E-state index is -0.664. The second-order valence-corrected chi connectivity index (χ2v) is 9.28. The molecule has 0 atom stereocenters. The molecule has 0 spiro atoms. The summed E-state index contributed by atoms with van der Waals surface area (Å²) >= 11 is 0. The van der Waals surface area contributed by atoms with E-state index in [1.807, 2.05) is 33.9 Å². The smallest absolute Gasteiger partial charge is 0.489 e. The van der Waals surface area contributed by atoms with Gasteiger partial charge in [0.05, 0.1) is 6.54 Å². The van der Waals surface area contributed by atoms with E-state index in [-0.39, 0.29) is 11.6 Å². The number of ether oxygens (including phenoxy) is 2. The molecular formula is C24H34FN5O4. The van der Waals surface area contributed by atoms with Crippen molar-refractivity contribution in [2.24, 2.45) is 5.92 Å². The Bertz CT molecular complexity index is 932. The molecule has 34 heavy (non-hydrogen) atoms. The molecule has 1 aliphatic heterocycles. The van der Waals surface area contributed by atoms with Gasteiger partial charge in [0.25, 0.3) is 0 Å². The topological polar surface area (TPSA) is 89.1 Å². The van der Waals surface area contributed by atoms with E-state index in [1.54, 1.807) is 23.3 Å². The maximum Gasteiger partial charge on any atom is 0.528 e. The fourth-order valence-corrected chi connectivity index (χ4v) is 3.59. The van der Waals surface area contributed by atoms with E-state index in [1.165, 1.54) is 12.4 Å². The van der Waals surface area contributed by atoms with E-state index in [4.69, 9.17) is 14.3 Å². The van der Waals surface area contributed by atoms with Gasteiger partial charge in [-0.25, -0.2) is 19.2 Å². The Morgan fingerprint density at radius 3 is 2.68 bits per heavy atom. The van der Waals surface area contributed by atoms with Gasteiger partial charge in [0, 0.05) is 32.7 Å². The lowest BCUT2D eigenvalue weighted by Crippen LogP contribution is -2.40. The molecule has 0 radical (unpaired) electrons. The van der Waals surface area contributed by atoms with Crippen LogP contribution in [-0.2, 0) is 9.57 Å². The number of rotatable bonds is 9. The number of nitrogens with zero attached hydrogens (tertiary/aromatic N) is 4. The van der Waals surface area contributed by atoms with Crippen LogP contribution in [0.2, 0.25) is 0 Å². The number of hydrogen-bond donors (Lipinski definition) is 1. The minimum absolute atomic E-state index is 0.231. The first-order valence-corrected chi connectivity index (χ1v) is 11.5. The van der Waals surface area contributed by atoms with Crippen LogP contribution in [0.3, 0.4) is 0 Å². The van der Waals surface area contributed by atoms with Gasteiger partial charge in [0.15, 0.2) is 11.6 Å². The van der Waals surface area contributed by atoms with Crippen LogP contribution in [0.15, 0.2) is 36.7 Å². The van der Waals surface area contributed by atoms with Crippen LogP contribution in [0.25, 0.3) is 0 Å². The number of carbonyl (C=O) groups excluding carboxylic acids is 1. The van der Waals surface area contributed by atoms with Crippen molar-refractivity contribution < 1.29 is 23.5 Å². The van der Waals surface area contributed by atoms with E-state index in [9.17, 15) is 9.18 Å². The first-order chi connectivity index (χ1) is 16.2. The van der Waals surface area contributed by atoms with Gasteiger partial charge in [-0.15, -0.1) is 5.06 Å². The summed E-state index contributed by atoms with van der Waals surface area (Å²) in [6, 6.07) is 8.20. The molecule has 1 aromatic carbocycles. The number of benzene rings is 1. The SMILES string of the molecule is CN(CC1CCN(OC(=O)OC(C)(C)C)CC1)c1cc(NCCOc2ccccc2F)ncn1. The average molecular weight is 476 g/mol. The summed E-state index contributed by atoms with van der Waals surface area (Å²) in [5, 5.41) is 4.85. The van der Waals surface area contributed by atoms with E-state index >= 15 is 0 Å². The summed E-state index contributed by atoms with van der Waals surface area (Å²) in [4.78, 5) is 27.9. The number of anilines is 2. The third kappa shape index (κ3) is 8.33. The Morgan fingerprint density at radius 2 is 1.97 bits per heavy atom. The Kier molecular flexibility index (Phi) is 8.86. The van der Waals surface area contributed by atoms with Gasteiger partial charge in [0.1, 0.15) is 30.2 Å². The van der Waals surface area contributed by atoms with Gasteiger partial charge in [0.2, 0.25) is 0 Å². The lowest BCUT2D eigenvalue weighted by molar-refractivity contribution is -0.154. The molecule has 1 fully saturated rings. The van der Waals surface area contributed by atoms with Gasteiger partial charge in [-0.1, -0.05) is 12.1 Å². The monoisotopic (exact) mass is 475 g/mol. The van der Waals surface area contributed by atoms with Crippen molar-refractivity contribution in [3.05, 3.63) is 42.5 Å². The van der Waals surface area contributed by atoms with Crippen molar-refractivity contribution in [1.82, 2.24) is 15.0 Å². The highest BCUT2D eigenvalue weighted by molar-refractivity contribution is 5.60. The number of hydroxylamine groups is 2. The van der Waals surface area contributed by atoms with Crippen molar-refractivity contribution in [3.63, 3.8) is 0 Å². The first kappa shape index (κ1) is 25.5. The molecule has 10 heteroatoms. The van der Waals surface area contributed by atoms with Crippen LogP contribution >= 0.6 is 0 Å². The van der Waals surface area contributed by atoms with Gasteiger partial charge < -0.3 is 24.5 Å². The number of nitrogens with one attached hydrogen (secondary N) is 1. The number of aromatic nitrogens is 2. The molecule has 1 aliphatic rings.